The van der Waals surface area contributed by atoms with E-state index in [1.54, 1.807) is 0 Å². The third-order valence-corrected chi connectivity index (χ3v) is 11.1. The molecule has 0 N–H and O–H groups in total. The lowest BCUT2D eigenvalue weighted by atomic mass is 9.81. The van der Waals surface area contributed by atoms with E-state index in [2.05, 4.69) is 200 Å². The number of anilines is 3. The van der Waals surface area contributed by atoms with E-state index < -0.39 is 5.66 Å². The van der Waals surface area contributed by atoms with E-state index in [-0.39, 0.29) is 0 Å². The Hall–Kier alpha value is -6.72. The first-order valence-electron chi connectivity index (χ1n) is 17.2. The Morgan fingerprint density at radius 1 is 0.480 bits per heavy atom. The predicted octanol–water partition coefficient (Wildman–Crippen LogP) is 9.19. The Morgan fingerprint density at radius 2 is 1.16 bits per heavy atom. The zero-order valence-corrected chi connectivity index (χ0v) is 27.0. The highest BCUT2D eigenvalue weighted by molar-refractivity contribution is 6.13. The molecule has 6 aromatic carbocycles. The summed E-state index contributed by atoms with van der Waals surface area (Å²) in [5.41, 5.74) is 13.9. The minimum Gasteiger partial charge on any atom is -0.309 e. The van der Waals surface area contributed by atoms with Crippen molar-refractivity contribution in [3.63, 3.8) is 0 Å². The fourth-order valence-corrected chi connectivity index (χ4v) is 9.15. The van der Waals surface area contributed by atoms with Crippen LogP contribution in [0.2, 0.25) is 0 Å². The van der Waals surface area contributed by atoms with Gasteiger partial charge in [-0.05, 0) is 71.3 Å². The Bertz CT molecular complexity index is 2870. The molecule has 5 heteroatoms. The van der Waals surface area contributed by atoms with Crippen LogP contribution in [-0.2, 0) is 5.66 Å². The maximum Gasteiger partial charge on any atom is 0.394 e. The molecule has 9 aromatic rings. The molecule has 3 aliphatic rings. The highest BCUT2D eigenvalue weighted by Gasteiger charge is 2.68. The van der Waals surface area contributed by atoms with Gasteiger partial charge in [0.2, 0.25) is 6.20 Å². The lowest BCUT2D eigenvalue weighted by Crippen LogP contribution is -2.77. The second kappa shape index (κ2) is 9.24. The van der Waals surface area contributed by atoms with E-state index in [1.165, 1.54) is 72.2 Å². The normalized spacial score (nSPS) is 16.0. The monoisotopic (exact) mass is 639 g/mol. The van der Waals surface area contributed by atoms with Gasteiger partial charge < -0.3 is 4.90 Å². The van der Waals surface area contributed by atoms with Crippen LogP contribution in [0.25, 0.3) is 55.6 Å². The highest BCUT2D eigenvalue weighted by atomic mass is 15.5. The second-order valence-corrected chi connectivity index (χ2v) is 13.5. The first-order chi connectivity index (χ1) is 24.8. The van der Waals surface area contributed by atoms with E-state index >= 15 is 0 Å². The van der Waals surface area contributed by atoms with Crippen molar-refractivity contribution in [2.45, 2.75) is 5.66 Å². The average Bonchev–Trinajstić information content (AvgIpc) is 3.86. The molecule has 1 spiro atoms. The molecule has 0 amide bonds. The van der Waals surface area contributed by atoms with Crippen molar-refractivity contribution in [1.29, 1.82) is 0 Å². The van der Waals surface area contributed by atoms with Crippen molar-refractivity contribution < 1.29 is 9.25 Å². The number of nitrogens with zero attached hydrogens (tertiary/aromatic N) is 5. The lowest BCUT2D eigenvalue weighted by Gasteiger charge is -2.39. The number of pyridine rings is 1. The van der Waals surface area contributed by atoms with Gasteiger partial charge in [-0.15, -0.1) is 4.68 Å². The molecule has 1 unspecified atom stereocenters. The molecule has 1 atom stereocenters. The van der Waals surface area contributed by atoms with Crippen molar-refractivity contribution >= 4 is 38.9 Å². The molecule has 0 aliphatic carbocycles. The number of hydrogen-bond acceptors (Lipinski definition) is 1. The summed E-state index contributed by atoms with van der Waals surface area (Å²) in [6.07, 6.45) is 6.96. The summed E-state index contributed by atoms with van der Waals surface area (Å²) in [7, 11) is 0. The van der Waals surface area contributed by atoms with Crippen LogP contribution in [0.15, 0.2) is 176 Å². The SMILES string of the molecule is c1ccc(-c2ccc(-c3cn4[n+](c3)C35c6c(cccc6-4)N(c4ccccc4)c4ccc6c7ccccc7n(c6c43)-c3cccc[n+]35)cc2)cc1. The summed E-state index contributed by atoms with van der Waals surface area (Å²) in [5, 5.41) is 2.53. The van der Waals surface area contributed by atoms with Crippen molar-refractivity contribution in [3.05, 3.63) is 187 Å². The van der Waals surface area contributed by atoms with Crippen LogP contribution in [0, 0.1) is 0 Å². The highest BCUT2D eigenvalue weighted by Crippen LogP contribution is 2.57. The molecule has 5 nitrogen and oxygen atoms in total. The molecule has 0 bridgehead atoms. The molecule has 6 heterocycles. The van der Waals surface area contributed by atoms with Gasteiger partial charge in [0.1, 0.15) is 22.3 Å². The molecular weight excluding hydrogens is 611 g/mol. The number of hydrogen-bond donors (Lipinski definition) is 0. The minimum atomic E-state index is -0.671. The number of para-hydroxylation sites is 2. The smallest absolute Gasteiger partial charge is 0.309 e. The Morgan fingerprint density at radius 3 is 2.00 bits per heavy atom. The molecule has 0 fully saturated rings. The summed E-state index contributed by atoms with van der Waals surface area (Å²) < 4.78 is 9.88. The van der Waals surface area contributed by atoms with Gasteiger partial charge in [-0.25, -0.2) is 0 Å². The van der Waals surface area contributed by atoms with Crippen molar-refractivity contribution in [2.75, 3.05) is 4.90 Å². The number of benzene rings is 6. The summed E-state index contributed by atoms with van der Waals surface area (Å²) in [6.45, 7) is 0. The van der Waals surface area contributed by atoms with E-state index in [4.69, 9.17) is 0 Å². The maximum absolute atomic E-state index is 2.52. The van der Waals surface area contributed by atoms with Crippen LogP contribution in [-0.4, -0.2) is 9.25 Å². The van der Waals surface area contributed by atoms with Crippen molar-refractivity contribution in [3.8, 4) is 33.8 Å². The summed E-state index contributed by atoms with van der Waals surface area (Å²) in [5.74, 6) is 1.15. The molecule has 0 radical (unpaired) electrons. The zero-order valence-electron chi connectivity index (χ0n) is 27.0. The van der Waals surface area contributed by atoms with Gasteiger partial charge in [-0.2, -0.15) is 9.13 Å². The van der Waals surface area contributed by atoms with Gasteiger partial charge in [0.15, 0.2) is 5.52 Å². The van der Waals surface area contributed by atoms with Crippen LogP contribution >= 0.6 is 0 Å². The quantitative estimate of drug-likeness (QED) is 0.177. The van der Waals surface area contributed by atoms with E-state index in [0.29, 0.717) is 0 Å². The van der Waals surface area contributed by atoms with E-state index in [0.717, 1.165) is 11.5 Å². The van der Waals surface area contributed by atoms with Crippen molar-refractivity contribution in [2.24, 2.45) is 0 Å². The molecule has 3 aliphatic heterocycles. The zero-order chi connectivity index (χ0) is 32.6. The van der Waals surface area contributed by atoms with Crippen LogP contribution in [0.1, 0.15) is 11.1 Å². The maximum atomic E-state index is 2.52. The van der Waals surface area contributed by atoms with Gasteiger partial charge in [-0.3, -0.25) is 0 Å². The fraction of sp³-hybridized carbons (Fsp3) is 0.0222. The standard InChI is InChI=1S/C45H29N5/c1-3-12-30(13-4-1)31-21-23-32(24-22-31)33-28-47-38-18-11-19-39-42(38)45(48(47)29-33)43-40(49(39)34-14-5-2-6-15-34)26-25-36-35-16-7-8-17-37(35)50(44(36)43)41-20-9-10-27-46(41)45/h1-29H/q+2. The van der Waals surface area contributed by atoms with Crippen LogP contribution in [0.3, 0.4) is 0 Å². The summed E-state index contributed by atoms with van der Waals surface area (Å²) in [6, 6.07) is 57.4. The molecule has 0 saturated carbocycles. The topological polar surface area (TPSA) is 20.9 Å². The van der Waals surface area contributed by atoms with Gasteiger partial charge in [0, 0.05) is 22.5 Å². The fourth-order valence-electron chi connectivity index (χ4n) is 9.15. The van der Waals surface area contributed by atoms with Gasteiger partial charge >= 0.3 is 5.66 Å². The number of rotatable bonds is 3. The van der Waals surface area contributed by atoms with Gasteiger partial charge in [0.25, 0.3) is 5.82 Å². The molecule has 0 saturated heterocycles. The van der Waals surface area contributed by atoms with E-state index in [1.807, 2.05) is 0 Å². The van der Waals surface area contributed by atoms with Gasteiger partial charge in [-0.1, -0.05) is 102 Å². The largest absolute Gasteiger partial charge is 0.394 e. The number of aromatic nitrogens is 4. The molecule has 3 aromatic heterocycles. The molecular formula is C45H29N5+2. The van der Waals surface area contributed by atoms with Crippen molar-refractivity contribution in [1.82, 2.24) is 9.25 Å². The molecule has 50 heavy (non-hydrogen) atoms. The minimum absolute atomic E-state index is 0.671. The first-order valence-corrected chi connectivity index (χ1v) is 17.2. The Balaban J connectivity index is 1.22. The van der Waals surface area contributed by atoms with Gasteiger partial charge in [0.05, 0.1) is 29.3 Å². The third-order valence-electron chi connectivity index (χ3n) is 11.1. The van der Waals surface area contributed by atoms with Crippen LogP contribution in [0.5, 0.6) is 0 Å². The van der Waals surface area contributed by atoms with Crippen LogP contribution in [0.4, 0.5) is 17.1 Å². The Kier molecular flexibility index (Phi) is 4.86. The lowest BCUT2D eigenvalue weighted by molar-refractivity contribution is -0.993. The summed E-state index contributed by atoms with van der Waals surface area (Å²) in [4.78, 5) is 2.47. The summed E-state index contributed by atoms with van der Waals surface area (Å²) >= 11 is 0. The Labute approximate surface area is 288 Å². The van der Waals surface area contributed by atoms with E-state index in [9.17, 15) is 0 Å². The predicted molar refractivity (Wildman–Crippen MR) is 198 cm³/mol. The molecule has 232 valence electrons. The third kappa shape index (κ3) is 3.05. The molecule has 12 rings (SSSR count). The second-order valence-electron chi connectivity index (χ2n) is 13.5. The average molecular weight is 640 g/mol. The number of fused-ring (bicyclic) bond motifs is 7. The first kappa shape index (κ1) is 26.3. The van der Waals surface area contributed by atoms with Crippen LogP contribution < -0.4 is 14.1 Å².